The fourth-order valence-electron chi connectivity index (χ4n) is 1.88. The zero-order valence-electron chi connectivity index (χ0n) is 11.2. The van der Waals surface area contributed by atoms with E-state index in [1.165, 1.54) is 0 Å². The Morgan fingerprint density at radius 2 is 1.82 bits per heavy atom. The van der Waals surface area contributed by atoms with Crippen molar-refractivity contribution >= 4 is 11.5 Å². The fraction of sp³-hybridized carbons (Fsp3) is 0.615. The second-order valence-electron chi connectivity index (χ2n) is 3.87. The Bertz CT molecular complexity index is 302. The maximum Gasteiger partial charge on any atom is 0.128 e. The van der Waals surface area contributed by atoms with Gasteiger partial charge in [-0.25, -0.2) is 4.98 Å². The minimum atomic E-state index is 0.728. The molecule has 1 aliphatic rings. The molecule has 17 heavy (non-hydrogen) atoms. The summed E-state index contributed by atoms with van der Waals surface area (Å²) in [5.41, 5.74) is 6.34. The molecule has 0 unspecified atom stereocenters. The molecule has 0 spiro atoms. The Morgan fingerprint density at radius 1 is 1.18 bits per heavy atom. The summed E-state index contributed by atoms with van der Waals surface area (Å²) in [5, 5.41) is 0. The molecule has 4 nitrogen and oxygen atoms in total. The van der Waals surface area contributed by atoms with E-state index in [1.807, 2.05) is 26.0 Å². The summed E-state index contributed by atoms with van der Waals surface area (Å²) in [7, 11) is 0. The molecule has 2 N–H and O–H groups in total. The second kappa shape index (κ2) is 7.12. The van der Waals surface area contributed by atoms with Crippen LogP contribution >= 0.6 is 0 Å². The van der Waals surface area contributed by atoms with Crippen LogP contribution in [0.1, 0.15) is 20.8 Å². The molecule has 1 aromatic rings. The normalized spacial score (nSPS) is 16.3. The number of aromatic nitrogens is 1. The summed E-state index contributed by atoms with van der Waals surface area (Å²) in [6.45, 7) is 11.7. The quantitative estimate of drug-likeness (QED) is 0.851. The number of piperazine rings is 1. The highest BCUT2D eigenvalue weighted by atomic mass is 15.3. The first-order valence-corrected chi connectivity index (χ1v) is 6.48. The van der Waals surface area contributed by atoms with Crippen LogP contribution in [0.2, 0.25) is 0 Å². The first-order chi connectivity index (χ1) is 8.29. The summed E-state index contributed by atoms with van der Waals surface area (Å²) in [6.07, 6.45) is 1.72. The predicted molar refractivity (Wildman–Crippen MR) is 74.3 cm³/mol. The lowest BCUT2D eigenvalue weighted by Gasteiger charge is -2.34. The molecule has 4 heteroatoms. The summed E-state index contributed by atoms with van der Waals surface area (Å²) >= 11 is 0. The van der Waals surface area contributed by atoms with Crippen LogP contribution in [0.3, 0.4) is 0 Å². The monoisotopic (exact) mass is 236 g/mol. The second-order valence-corrected chi connectivity index (χ2v) is 3.87. The number of likely N-dealkylation sites (N-methyl/N-ethyl adjacent to an activating group) is 1. The highest BCUT2D eigenvalue weighted by Gasteiger charge is 2.16. The molecule has 0 bridgehead atoms. The number of pyridine rings is 1. The lowest BCUT2D eigenvalue weighted by atomic mass is 10.3. The number of nitrogen functional groups attached to an aromatic ring is 1. The van der Waals surface area contributed by atoms with Crippen LogP contribution in [0, 0.1) is 0 Å². The van der Waals surface area contributed by atoms with Crippen molar-refractivity contribution in [2.45, 2.75) is 20.8 Å². The third-order valence-electron chi connectivity index (χ3n) is 2.91. The molecule has 96 valence electrons. The number of hydrogen-bond donors (Lipinski definition) is 1. The summed E-state index contributed by atoms with van der Waals surface area (Å²) in [5.74, 6) is 1.04. The minimum Gasteiger partial charge on any atom is -0.397 e. The van der Waals surface area contributed by atoms with Crippen LogP contribution in [-0.4, -0.2) is 42.6 Å². The highest BCUT2D eigenvalue weighted by Crippen LogP contribution is 2.14. The van der Waals surface area contributed by atoms with Crippen molar-refractivity contribution in [3.8, 4) is 0 Å². The van der Waals surface area contributed by atoms with E-state index in [2.05, 4.69) is 21.7 Å². The first-order valence-electron chi connectivity index (χ1n) is 6.48. The van der Waals surface area contributed by atoms with Gasteiger partial charge in [-0.05, 0) is 18.7 Å². The minimum absolute atomic E-state index is 0.728. The van der Waals surface area contributed by atoms with Crippen molar-refractivity contribution in [1.82, 2.24) is 9.88 Å². The van der Waals surface area contributed by atoms with E-state index < -0.39 is 0 Å². The molecule has 0 radical (unpaired) electrons. The van der Waals surface area contributed by atoms with Crippen molar-refractivity contribution in [3.05, 3.63) is 18.3 Å². The smallest absolute Gasteiger partial charge is 0.128 e. The molecule has 0 atom stereocenters. The molecular formula is C13H24N4. The van der Waals surface area contributed by atoms with Crippen molar-refractivity contribution in [2.75, 3.05) is 43.4 Å². The molecule has 0 aliphatic carbocycles. The van der Waals surface area contributed by atoms with Gasteiger partial charge >= 0.3 is 0 Å². The van der Waals surface area contributed by atoms with Crippen molar-refractivity contribution in [3.63, 3.8) is 0 Å². The van der Waals surface area contributed by atoms with Crippen LogP contribution in [0.25, 0.3) is 0 Å². The van der Waals surface area contributed by atoms with Crippen LogP contribution < -0.4 is 10.6 Å². The first kappa shape index (κ1) is 13.8. The van der Waals surface area contributed by atoms with E-state index in [4.69, 9.17) is 5.73 Å². The molecule has 1 saturated heterocycles. The van der Waals surface area contributed by atoms with Crippen LogP contribution in [-0.2, 0) is 0 Å². The topological polar surface area (TPSA) is 45.4 Å². The van der Waals surface area contributed by atoms with Gasteiger partial charge in [-0.3, -0.25) is 0 Å². The molecule has 1 fully saturated rings. The van der Waals surface area contributed by atoms with E-state index in [9.17, 15) is 0 Å². The van der Waals surface area contributed by atoms with Gasteiger partial charge in [0.05, 0.1) is 11.9 Å². The lowest BCUT2D eigenvalue weighted by molar-refractivity contribution is 0.270. The number of anilines is 2. The van der Waals surface area contributed by atoms with Crippen LogP contribution in [0.5, 0.6) is 0 Å². The van der Waals surface area contributed by atoms with Gasteiger partial charge in [0.25, 0.3) is 0 Å². The van der Waals surface area contributed by atoms with E-state index in [-0.39, 0.29) is 0 Å². The van der Waals surface area contributed by atoms with Crippen molar-refractivity contribution in [1.29, 1.82) is 0 Å². The Kier molecular flexibility index (Phi) is 5.77. The molecular weight excluding hydrogens is 212 g/mol. The van der Waals surface area contributed by atoms with Gasteiger partial charge in [-0.2, -0.15) is 0 Å². The summed E-state index contributed by atoms with van der Waals surface area (Å²) < 4.78 is 0. The molecule has 1 aliphatic heterocycles. The number of hydrogen-bond acceptors (Lipinski definition) is 4. The SMILES string of the molecule is CC.CCN1CCN(c2ccc(N)cn2)CC1. The van der Waals surface area contributed by atoms with E-state index in [0.29, 0.717) is 0 Å². The van der Waals surface area contributed by atoms with Crippen molar-refractivity contribution < 1.29 is 0 Å². The molecule has 0 amide bonds. The van der Waals surface area contributed by atoms with Gasteiger partial charge in [0.2, 0.25) is 0 Å². The Morgan fingerprint density at radius 3 is 2.29 bits per heavy atom. The maximum absolute atomic E-state index is 5.61. The molecule has 2 heterocycles. The zero-order chi connectivity index (χ0) is 12.7. The average Bonchev–Trinajstić information content (AvgIpc) is 2.42. The van der Waals surface area contributed by atoms with Gasteiger partial charge in [-0.15, -0.1) is 0 Å². The summed E-state index contributed by atoms with van der Waals surface area (Å²) in [6, 6.07) is 3.91. The Balaban J connectivity index is 0.000000686. The third kappa shape index (κ3) is 3.89. The van der Waals surface area contributed by atoms with Crippen LogP contribution in [0.4, 0.5) is 11.5 Å². The van der Waals surface area contributed by atoms with Crippen molar-refractivity contribution in [2.24, 2.45) is 0 Å². The Hall–Kier alpha value is -1.29. The van der Waals surface area contributed by atoms with Crippen LogP contribution in [0.15, 0.2) is 18.3 Å². The Labute approximate surface area is 104 Å². The maximum atomic E-state index is 5.61. The van der Waals surface area contributed by atoms with E-state index in [1.54, 1.807) is 6.20 Å². The number of nitrogens with two attached hydrogens (primary N) is 1. The van der Waals surface area contributed by atoms with Gasteiger partial charge in [-0.1, -0.05) is 20.8 Å². The van der Waals surface area contributed by atoms with Gasteiger partial charge in [0, 0.05) is 26.2 Å². The zero-order valence-corrected chi connectivity index (χ0v) is 11.2. The average molecular weight is 236 g/mol. The number of nitrogens with zero attached hydrogens (tertiary/aromatic N) is 3. The lowest BCUT2D eigenvalue weighted by Crippen LogP contribution is -2.46. The molecule has 0 saturated carbocycles. The summed E-state index contributed by atoms with van der Waals surface area (Å²) in [4.78, 5) is 9.10. The van der Waals surface area contributed by atoms with E-state index in [0.717, 1.165) is 44.2 Å². The van der Waals surface area contributed by atoms with Gasteiger partial charge in [0.15, 0.2) is 0 Å². The largest absolute Gasteiger partial charge is 0.397 e. The van der Waals surface area contributed by atoms with Gasteiger partial charge < -0.3 is 15.5 Å². The molecule has 1 aromatic heterocycles. The standard InChI is InChI=1S/C11H18N4.C2H6/c1-2-14-5-7-15(8-6-14)11-4-3-10(12)9-13-11;1-2/h3-4,9H,2,5-8,12H2,1H3;1-2H3. The van der Waals surface area contributed by atoms with E-state index >= 15 is 0 Å². The number of rotatable bonds is 2. The predicted octanol–water partition coefficient (Wildman–Crippen LogP) is 1.83. The molecule has 0 aromatic carbocycles. The fourth-order valence-corrected chi connectivity index (χ4v) is 1.88. The third-order valence-corrected chi connectivity index (χ3v) is 2.91. The highest BCUT2D eigenvalue weighted by molar-refractivity contribution is 5.46. The molecule has 2 rings (SSSR count). The van der Waals surface area contributed by atoms with Gasteiger partial charge in [0.1, 0.15) is 5.82 Å².